The molecule has 2 heterocycles. The molecule has 0 aromatic heterocycles. The quantitative estimate of drug-likeness (QED) is 0.828. The van der Waals surface area contributed by atoms with Crippen LogP contribution in [0.25, 0.3) is 0 Å². The van der Waals surface area contributed by atoms with Gasteiger partial charge in [0.15, 0.2) is 0 Å². The van der Waals surface area contributed by atoms with E-state index < -0.39 is 12.1 Å². The first-order valence-corrected chi connectivity index (χ1v) is 7.69. The van der Waals surface area contributed by atoms with Crippen LogP contribution < -0.4 is 10.6 Å². The van der Waals surface area contributed by atoms with Crippen molar-refractivity contribution in [2.75, 3.05) is 26.2 Å². The SMILES string of the molecule is Cl.O=C(NC1CCN(Cc2ccccc2)C1=O)C1CNCCO1. The summed E-state index contributed by atoms with van der Waals surface area (Å²) < 4.78 is 5.41. The van der Waals surface area contributed by atoms with Crippen molar-refractivity contribution in [1.82, 2.24) is 15.5 Å². The standard InChI is InChI=1S/C16H21N3O3.ClH/c20-15(14-10-17-7-9-22-14)18-13-6-8-19(16(13)21)11-12-4-2-1-3-5-12;/h1-5,13-14,17H,6-11H2,(H,18,20);1H. The Hall–Kier alpha value is -1.63. The number of halogens is 1. The largest absolute Gasteiger partial charge is 0.366 e. The topological polar surface area (TPSA) is 70.7 Å². The van der Waals surface area contributed by atoms with Crippen LogP contribution in [0.3, 0.4) is 0 Å². The zero-order chi connectivity index (χ0) is 15.4. The van der Waals surface area contributed by atoms with Gasteiger partial charge in [0, 0.05) is 26.2 Å². The van der Waals surface area contributed by atoms with Crippen LogP contribution in [0, 0.1) is 0 Å². The number of nitrogens with one attached hydrogen (secondary N) is 2. The van der Waals surface area contributed by atoms with E-state index in [1.807, 2.05) is 30.3 Å². The Morgan fingerprint density at radius 2 is 2.13 bits per heavy atom. The fourth-order valence-electron chi connectivity index (χ4n) is 2.83. The van der Waals surface area contributed by atoms with E-state index >= 15 is 0 Å². The fraction of sp³-hybridized carbons (Fsp3) is 0.500. The summed E-state index contributed by atoms with van der Waals surface area (Å²) in [6, 6.07) is 9.45. The highest BCUT2D eigenvalue weighted by Crippen LogP contribution is 2.15. The van der Waals surface area contributed by atoms with Gasteiger partial charge in [0.05, 0.1) is 6.61 Å². The van der Waals surface area contributed by atoms with Gasteiger partial charge >= 0.3 is 0 Å². The van der Waals surface area contributed by atoms with Gasteiger partial charge in [-0.3, -0.25) is 9.59 Å². The second kappa shape index (κ2) is 8.29. The molecule has 0 saturated carbocycles. The van der Waals surface area contributed by atoms with E-state index in [4.69, 9.17) is 4.74 Å². The molecular formula is C16H22ClN3O3. The number of likely N-dealkylation sites (tertiary alicyclic amines) is 1. The summed E-state index contributed by atoms with van der Waals surface area (Å²) in [5.41, 5.74) is 1.10. The molecule has 0 radical (unpaired) electrons. The lowest BCUT2D eigenvalue weighted by Gasteiger charge is -2.24. The van der Waals surface area contributed by atoms with Crippen molar-refractivity contribution in [2.24, 2.45) is 0 Å². The molecule has 6 nitrogen and oxygen atoms in total. The minimum Gasteiger partial charge on any atom is -0.366 e. The molecule has 2 aliphatic heterocycles. The predicted molar refractivity (Wildman–Crippen MR) is 88.3 cm³/mol. The van der Waals surface area contributed by atoms with E-state index in [0.717, 1.165) is 12.1 Å². The van der Waals surface area contributed by atoms with Gasteiger partial charge in [-0.25, -0.2) is 0 Å². The molecule has 2 aliphatic rings. The smallest absolute Gasteiger partial charge is 0.251 e. The van der Waals surface area contributed by atoms with Crippen LogP contribution in [-0.2, 0) is 20.9 Å². The third kappa shape index (κ3) is 4.43. The zero-order valence-corrected chi connectivity index (χ0v) is 13.7. The molecule has 126 valence electrons. The van der Waals surface area contributed by atoms with Crippen molar-refractivity contribution in [3.63, 3.8) is 0 Å². The molecule has 2 saturated heterocycles. The molecule has 0 aliphatic carbocycles. The van der Waals surface area contributed by atoms with Crippen LogP contribution in [0.4, 0.5) is 0 Å². The maximum absolute atomic E-state index is 12.4. The van der Waals surface area contributed by atoms with Crippen LogP contribution in [0.15, 0.2) is 30.3 Å². The van der Waals surface area contributed by atoms with Gasteiger partial charge in [0.25, 0.3) is 5.91 Å². The minimum absolute atomic E-state index is 0. The molecule has 2 amide bonds. The number of amides is 2. The molecule has 0 spiro atoms. The molecule has 2 N–H and O–H groups in total. The summed E-state index contributed by atoms with van der Waals surface area (Å²) in [6.45, 7) is 3.05. The molecule has 0 bridgehead atoms. The van der Waals surface area contributed by atoms with E-state index in [0.29, 0.717) is 32.7 Å². The second-order valence-corrected chi connectivity index (χ2v) is 5.66. The first-order chi connectivity index (χ1) is 10.7. The summed E-state index contributed by atoms with van der Waals surface area (Å²) in [6.07, 6.45) is 0.155. The zero-order valence-electron chi connectivity index (χ0n) is 12.9. The summed E-state index contributed by atoms with van der Waals surface area (Å²) in [4.78, 5) is 26.3. The first kappa shape index (κ1) is 17.7. The Labute approximate surface area is 142 Å². The van der Waals surface area contributed by atoms with Crippen LogP contribution in [-0.4, -0.2) is 55.1 Å². The van der Waals surface area contributed by atoms with Crippen molar-refractivity contribution in [3.8, 4) is 0 Å². The van der Waals surface area contributed by atoms with Crippen molar-refractivity contribution in [2.45, 2.75) is 25.1 Å². The number of carbonyl (C=O) groups excluding carboxylic acids is 2. The van der Waals surface area contributed by atoms with Gasteiger partial charge in [-0.05, 0) is 12.0 Å². The monoisotopic (exact) mass is 339 g/mol. The van der Waals surface area contributed by atoms with Gasteiger partial charge in [-0.1, -0.05) is 30.3 Å². The Morgan fingerprint density at radius 3 is 2.83 bits per heavy atom. The van der Waals surface area contributed by atoms with E-state index in [1.54, 1.807) is 4.90 Å². The van der Waals surface area contributed by atoms with Crippen LogP contribution in [0.2, 0.25) is 0 Å². The molecule has 2 atom stereocenters. The van der Waals surface area contributed by atoms with E-state index in [9.17, 15) is 9.59 Å². The number of ether oxygens (including phenoxy) is 1. The Kier molecular flexibility index (Phi) is 6.38. The van der Waals surface area contributed by atoms with Crippen molar-refractivity contribution >= 4 is 24.2 Å². The fourth-order valence-corrected chi connectivity index (χ4v) is 2.83. The van der Waals surface area contributed by atoms with E-state index in [2.05, 4.69) is 10.6 Å². The number of hydrogen-bond donors (Lipinski definition) is 2. The Bertz CT molecular complexity index is 535. The van der Waals surface area contributed by atoms with Crippen molar-refractivity contribution in [1.29, 1.82) is 0 Å². The van der Waals surface area contributed by atoms with Gasteiger partial charge in [-0.2, -0.15) is 0 Å². The number of rotatable bonds is 4. The summed E-state index contributed by atoms with van der Waals surface area (Å²) in [5, 5.41) is 5.93. The molecule has 3 rings (SSSR count). The number of hydrogen-bond acceptors (Lipinski definition) is 4. The van der Waals surface area contributed by atoms with Crippen molar-refractivity contribution < 1.29 is 14.3 Å². The van der Waals surface area contributed by atoms with Crippen molar-refractivity contribution in [3.05, 3.63) is 35.9 Å². The summed E-state index contributed by atoms with van der Waals surface area (Å²) in [5.74, 6) is -0.215. The lowest BCUT2D eigenvalue weighted by atomic mass is 10.2. The highest BCUT2D eigenvalue weighted by molar-refractivity contribution is 5.90. The summed E-state index contributed by atoms with van der Waals surface area (Å²) >= 11 is 0. The molecular weight excluding hydrogens is 318 g/mol. The molecule has 7 heteroatoms. The molecule has 1 aromatic rings. The lowest BCUT2D eigenvalue weighted by molar-refractivity contribution is -0.139. The van der Waals surface area contributed by atoms with E-state index in [-0.39, 0.29) is 24.2 Å². The normalized spacial score (nSPS) is 24.2. The Morgan fingerprint density at radius 1 is 1.35 bits per heavy atom. The summed E-state index contributed by atoms with van der Waals surface area (Å²) in [7, 11) is 0. The lowest BCUT2D eigenvalue weighted by Crippen LogP contribution is -2.51. The average Bonchev–Trinajstić information content (AvgIpc) is 2.90. The predicted octanol–water partition coefficient (Wildman–Crippen LogP) is 0.314. The number of nitrogens with zero attached hydrogens (tertiary/aromatic N) is 1. The van der Waals surface area contributed by atoms with Gasteiger partial charge in [0.1, 0.15) is 12.1 Å². The Balaban J connectivity index is 0.00000192. The van der Waals surface area contributed by atoms with Crippen LogP contribution in [0.5, 0.6) is 0 Å². The van der Waals surface area contributed by atoms with Crippen LogP contribution in [0.1, 0.15) is 12.0 Å². The van der Waals surface area contributed by atoms with E-state index in [1.165, 1.54) is 0 Å². The molecule has 23 heavy (non-hydrogen) atoms. The maximum Gasteiger partial charge on any atom is 0.251 e. The van der Waals surface area contributed by atoms with Gasteiger partial charge < -0.3 is 20.3 Å². The van der Waals surface area contributed by atoms with Gasteiger partial charge in [-0.15, -0.1) is 12.4 Å². The number of carbonyl (C=O) groups is 2. The third-order valence-electron chi connectivity index (χ3n) is 4.05. The highest BCUT2D eigenvalue weighted by atomic mass is 35.5. The maximum atomic E-state index is 12.4. The average molecular weight is 340 g/mol. The molecule has 2 unspecified atom stereocenters. The molecule has 1 aromatic carbocycles. The highest BCUT2D eigenvalue weighted by Gasteiger charge is 2.34. The first-order valence-electron chi connectivity index (χ1n) is 7.69. The third-order valence-corrected chi connectivity index (χ3v) is 4.05. The second-order valence-electron chi connectivity index (χ2n) is 5.66. The van der Waals surface area contributed by atoms with Gasteiger partial charge in [0.2, 0.25) is 5.91 Å². The number of benzene rings is 1. The minimum atomic E-state index is -0.496. The van der Waals surface area contributed by atoms with Crippen LogP contribution >= 0.6 is 12.4 Å². The molecule has 2 fully saturated rings. The number of morpholine rings is 1.